The van der Waals surface area contributed by atoms with Crippen LogP contribution in [-0.4, -0.2) is 61.7 Å². The fraction of sp³-hybridized carbons (Fsp3) is 0.529. The van der Waals surface area contributed by atoms with Gasteiger partial charge in [0.1, 0.15) is 6.04 Å². The van der Waals surface area contributed by atoms with Gasteiger partial charge in [0.15, 0.2) is 0 Å². The fourth-order valence-corrected chi connectivity index (χ4v) is 4.70. The van der Waals surface area contributed by atoms with E-state index in [-0.39, 0.29) is 23.3 Å². The van der Waals surface area contributed by atoms with Gasteiger partial charge in [0, 0.05) is 32.6 Å². The summed E-state index contributed by atoms with van der Waals surface area (Å²) in [5, 5.41) is 2.68. The number of rotatable bonds is 3. The van der Waals surface area contributed by atoms with E-state index in [4.69, 9.17) is 0 Å². The highest BCUT2D eigenvalue weighted by molar-refractivity contribution is 7.89. The SMILES string of the molecule is Cc1ccc(S(=O)(=O)N2CCCN(C(=O)C3CCC(=O)N3)CC2)cc1. The van der Waals surface area contributed by atoms with Crippen LogP contribution in [-0.2, 0) is 19.6 Å². The van der Waals surface area contributed by atoms with E-state index in [0.717, 1.165) is 5.56 Å². The number of hydrogen-bond donors (Lipinski definition) is 1. The van der Waals surface area contributed by atoms with Crippen LogP contribution in [0.2, 0.25) is 0 Å². The van der Waals surface area contributed by atoms with Crippen molar-refractivity contribution in [1.29, 1.82) is 0 Å². The normalized spacial score (nSPS) is 22.5. The minimum absolute atomic E-state index is 0.100. The Morgan fingerprint density at radius 3 is 2.48 bits per heavy atom. The standard InChI is InChI=1S/C17H23N3O4S/c1-13-3-5-14(6-4-13)25(23,24)20-10-2-9-19(11-12-20)17(22)15-7-8-16(21)18-15/h3-6,15H,2,7-12H2,1H3,(H,18,21). The molecule has 1 N–H and O–H groups in total. The Balaban J connectivity index is 1.67. The number of nitrogens with one attached hydrogen (secondary N) is 1. The van der Waals surface area contributed by atoms with Crippen LogP contribution in [0, 0.1) is 6.92 Å². The van der Waals surface area contributed by atoms with Crippen LogP contribution >= 0.6 is 0 Å². The molecule has 0 radical (unpaired) electrons. The Morgan fingerprint density at radius 1 is 1.12 bits per heavy atom. The van der Waals surface area contributed by atoms with E-state index in [2.05, 4.69) is 5.32 Å². The van der Waals surface area contributed by atoms with Gasteiger partial charge in [-0.2, -0.15) is 4.31 Å². The van der Waals surface area contributed by atoms with E-state index < -0.39 is 16.1 Å². The number of carbonyl (C=O) groups is 2. The molecule has 2 aliphatic rings. The maximum atomic E-state index is 12.8. The average Bonchev–Trinajstić information content (AvgIpc) is 2.86. The van der Waals surface area contributed by atoms with Crippen molar-refractivity contribution in [3.8, 4) is 0 Å². The Kier molecular flexibility index (Phi) is 5.10. The van der Waals surface area contributed by atoms with Crippen LogP contribution in [0.1, 0.15) is 24.8 Å². The van der Waals surface area contributed by atoms with E-state index in [0.29, 0.717) is 38.9 Å². The molecule has 2 fully saturated rings. The number of nitrogens with zero attached hydrogens (tertiary/aromatic N) is 2. The summed E-state index contributed by atoms with van der Waals surface area (Å²) in [7, 11) is -3.55. The number of benzene rings is 1. The zero-order valence-electron chi connectivity index (χ0n) is 14.3. The molecule has 8 heteroatoms. The molecule has 1 aromatic carbocycles. The van der Waals surface area contributed by atoms with E-state index in [1.165, 1.54) is 4.31 Å². The first-order valence-corrected chi connectivity index (χ1v) is 9.97. The van der Waals surface area contributed by atoms with Crippen molar-refractivity contribution in [2.75, 3.05) is 26.2 Å². The minimum Gasteiger partial charge on any atom is -0.344 e. The van der Waals surface area contributed by atoms with Crippen molar-refractivity contribution in [3.05, 3.63) is 29.8 Å². The van der Waals surface area contributed by atoms with Crippen molar-refractivity contribution in [2.24, 2.45) is 0 Å². The molecule has 25 heavy (non-hydrogen) atoms. The monoisotopic (exact) mass is 365 g/mol. The van der Waals surface area contributed by atoms with Crippen molar-refractivity contribution >= 4 is 21.8 Å². The highest BCUT2D eigenvalue weighted by atomic mass is 32.2. The molecule has 1 aromatic rings. The molecule has 1 atom stereocenters. The summed E-state index contributed by atoms with van der Waals surface area (Å²) >= 11 is 0. The van der Waals surface area contributed by atoms with Gasteiger partial charge in [-0.3, -0.25) is 9.59 Å². The molecular formula is C17H23N3O4S. The van der Waals surface area contributed by atoms with Crippen LogP contribution in [0.5, 0.6) is 0 Å². The molecule has 3 rings (SSSR count). The molecule has 0 saturated carbocycles. The van der Waals surface area contributed by atoms with Crippen LogP contribution in [0.4, 0.5) is 0 Å². The second kappa shape index (κ2) is 7.13. The summed E-state index contributed by atoms with van der Waals surface area (Å²) in [5.74, 6) is -0.211. The van der Waals surface area contributed by atoms with Crippen LogP contribution in [0.15, 0.2) is 29.2 Å². The average molecular weight is 365 g/mol. The topological polar surface area (TPSA) is 86.8 Å². The van der Waals surface area contributed by atoms with Crippen LogP contribution in [0.3, 0.4) is 0 Å². The third-order valence-electron chi connectivity index (χ3n) is 4.72. The number of carbonyl (C=O) groups excluding carboxylic acids is 2. The summed E-state index contributed by atoms with van der Waals surface area (Å²) in [4.78, 5) is 25.8. The minimum atomic E-state index is -3.55. The number of hydrogen-bond acceptors (Lipinski definition) is 4. The molecule has 0 aliphatic carbocycles. The maximum absolute atomic E-state index is 12.8. The predicted molar refractivity (Wildman–Crippen MR) is 92.3 cm³/mol. The van der Waals surface area contributed by atoms with Crippen molar-refractivity contribution in [3.63, 3.8) is 0 Å². The van der Waals surface area contributed by atoms with Gasteiger partial charge in [-0.05, 0) is 31.9 Å². The Labute approximate surface area is 148 Å². The van der Waals surface area contributed by atoms with Crippen LogP contribution < -0.4 is 5.32 Å². The molecule has 136 valence electrons. The smallest absolute Gasteiger partial charge is 0.245 e. The molecule has 2 amide bonds. The first kappa shape index (κ1) is 17.9. The Bertz CT molecular complexity index is 761. The van der Waals surface area contributed by atoms with Gasteiger partial charge in [-0.15, -0.1) is 0 Å². The van der Waals surface area contributed by atoms with Gasteiger partial charge in [0.2, 0.25) is 21.8 Å². The summed E-state index contributed by atoms with van der Waals surface area (Å²) < 4.78 is 27.0. The van der Waals surface area contributed by atoms with E-state index in [1.54, 1.807) is 29.2 Å². The lowest BCUT2D eigenvalue weighted by Gasteiger charge is -2.24. The molecule has 2 aliphatic heterocycles. The van der Waals surface area contributed by atoms with Gasteiger partial charge in [0.25, 0.3) is 0 Å². The number of aryl methyl sites for hydroxylation is 1. The van der Waals surface area contributed by atoms with Crippen molar-refractivity contribution in [1.82, 2.24) is 14.5 Å². The van der Waals surface area contributed by atoms with Crippen LogP contribution in [0.25, 0.3) is 0 Å². The van der Waals surface area contributed by atoms with Gasteiger partial charge in [0.05, 0.1) is 4.90 Å². The molecule has 0 bridgehead atoms. The first-order chi connectivity index (χ1) is 11.9. The lowest BCUT2D eigenvalue weighted by atomic mass is 10.2. The summed E-state index contributed by atoms with van der Waals surface area (Å²) in [6.45, 7) is 3.41. The van der Waals surface area contributed by atoms with Gasteiger partial charge >= 0.3 is 0 Å². The Hall–Kier alpha value is -1.93. The first-order valence-electron chi connectivity index (χ1n) is 8.53. The largest absolute Gasteiger partial charge is 0.344 e. The summed E-state index contributed by atoms with van der Waals surface area (Å²) in [5.41, 5.74) is 1.00. The Morgan fingerprint density at radius 2 is 1.84 bits per heavy atom. The van der Waals surface area contributed by atoms with E-state index in [1.807, 2.05) is 6.92 Å². The molecule has 2 heterocycles. The van der Waals surface area contributed by atoms with Gasteiger partial charge < -0.3 is 10.2 Å². The molecule has 7 nitrogen and oxygen atoms in total. The van der Waals surface area contributed by atoms with Gasteiger partial charge in [-0.25, -0.2) is 8.42 Å². The van der Waals surface area contributed by atoms with Crippen molar-refractivity contribution in [2.45, 2.75) is 37.1 Å². The molecule has 0 spiro atoms. The predicted octanol–water partition coefficient (Wildman–Crippen LogP) is 0.497. The molecule has 2 saturated heterocycles. The zero-order chi connectivity index (χ0) is 18.0. The lowest BCUT2D eigenvalue weighted by molar-refractivity contribution is -0.134. The number of amides is 2. The second-order valence-corrected chi connectivity index (χ2v) is 8.49. The summed E-state index contributed by atoms with van der Waals surface area (Å²) in [6, 6.07) is 6.33. The highest BCUT2D eigenvalue weighted by Crippen LogP contribution is 2.19. The third-order valence-corrected chi connectivity index (χ3v) is 6.63. The highest BCUT2D eigenvalue weighted by Gasteiger charge is 2.33. The van der Waals surface area contributed by atoms with E-state index >= 15 is 0 Å². The van der Waals surface area contributed by atoms with E-state index in [9.17, 15) is 18.0 Å². The molecular weight excluding hydrogens is 342 g/mol. The number of sulfonamides is 1. The van der Waals surface area contributed by atoms with Gasteiger partial charge in [-0.1, -0.05) is 17.7 Å². The zero-order valence-corrected chi connectivity index (χ0v) is 15.1. The summed E-state index contributed by atoms with van der Waals surface area (Å²) in [6.07, 6.45) is 1.47. The lowest BCUT2D eigenvalue weighted by Crippen LogP contribution is -2.46. The molecule has 0 aromatic heterocycles. The second-order valence-electron chi connectivity index (χ2n) is 6.55. The quantitative estimate of drug-likeness (QED) is 0.845. The fourth-order valence-electron chi connectivity index (χ4n) is 3.23. The van der Waals surface area contributed by atoms with Crippen molar-refractivity contribution < 1.29 is 18.0 Å². The third kappa shape index (κ3) is 3.85. The molecule has 1 unspecified atom stereocenters. The maximum Gasteiger partial charge on any atom is 0.245 e.